The first-order valence-electron chi connectivity index (χ1n) is 9.48. The maximum absolute atomic E-state index is 15.1. The number of carbonyl (C=O) groups is 2. The van der Waals surface area contributed by atoms with Gasteiger partial charge in [0.1, 0.15) is 17.3 Å². The van der Waals surface area contributed by atoms with Gasteiger partial charge >= 0.3 is 0 Å². The molecule has 0 spiro atoms. The number of aromatic amines is 1. The number of ketones is 1. The Morgan fingerprint density at radius 2 is 2.00 bits per heavy atom. The van der Waals surface area contributed by atoms with E-state index in [4.69, 9.17) is 11.6 Å². The summed E-state index contributed by atoms with van der Waals surface area (Å²) in [6.07, 6.45) is 2.59. The third-order valence-corrected chi connectivity index (χ3v) is 6.32. The van der Waals surface area contributed by atoms with Crippen molar-refractivity contribution < 1.29 is 26.8 Å². The van der Waals surface area contributed by atoms with Crippen molar-refractivity contribution in [2.45, 2.75) is 19.9 Å². The van der Waals surface area contributed by atoms with E-state index in [1.807, 2.05) is 0 Å². The Hall–Kier alpha value is -3.38. The van der Waals surface area contributed by atoms with E-state index in [0.717, 1.165) is 10.8 Å². The van der Waals surface area contributed by atoms with Gasteiger partial charge in [0.05, 0.1) is 27.8 Å². The average molecular weight is 499 g/mol. The molecule has 1 amide bonds. The maximum Gasteiger partial charge on any atom is 0.267 e. The van der Waals surface area contributed by atoms with Crippen LogP contribution in [0.4, 0.5) is 8.78 Å². The summed E-state index contributed by atoms with van der Waals surface area (Å²) >= 11 is 5.96. The summed E-state index contributed by atoms with van der Waals surface area (Å²) < 4.78 is 55.9. The summed E-state index contributed by atoms with van der Waals surface area (Å²) in [5.74, 6) is -5.90. The Balaban J connectivity index is 2.14. The number of nitrogens with zero attached hydrogens (tertiary/aromatic N) is 2. The molecule has 3 aromatic rings. The molecular formula is C20H17ClF2N4O5S. The van der Waals surface area contributed by atoms with Gasteiger partial charge < -0.3 is 4.98 Å². The molecule has 0 unspecified atom stereocenters. The first-order chi connectivity index (χ1) is 15.5. The van der Waals surface area contributed by atoms with E-state index in [0.29, 0.717) is 12.1 Å². The van der Waals surface area contributed by atoms with Crippen LogP contribution in [0.1, 0.15) is 39.6 Å². The van der Waals surface area contributed by atoms with Crippen molar-refractivity contribution in [2.75, 3.05) is 5.75 Å². The number of hydrogen-bond donors (Lipinski definition) is 2. The molecule has 0 bridgehead atoms. The van der Waals surface area contributed by atoms with Crippen LogP contribution in [-0.4, -0.2) is 40.4 Å². The van der Waals surface area contributed by atoms with Gasteiger partial charge in [-0.1, -0.05) is 13.0 Å². The molecule has 0 saturated carbocycles. The fraction of sp³-hybridized carbons (Fsp3) is 0.200. The quantitative estimate of drug-likeness (QED) is 0.279. The number of halogens is 3. The van der Waals surface area contributed by atoms with Crippen molar-refractivity contribution in [3.8, 4) is 0 Å². The zero-order chi connectivity index (χ0) is 24.5. The van der Waals surface area contributed by atoms with Crippen molar-refractivity contribution in [1.29, 1.82) is 0 Å². The molecule has 2 heterocycles. The number of sulfonamides is 1. The number of H-pyrrole nitrogens is 1. The number of aromatic nitrogens is 3. The van der Waals surface area contributed by atoms with Crippen LogP contribution in [-0.2, 0) is 16.6 Å². The summed E-state index contributed by atoms with van der Waals surface area (Å²) in [7, 11) is -4.05. The predicted octanol–water partition coefficient (Wildman–Crippen LogP) is 2.54. The molecule has 1 aromatic carbocycles. The fourth-order valence-electron chi connectivity index (χ4n) is 3.14. The minimum absolute atomic E-state index is 0.0377. The van der Waals surface area contributed by atoms with E-state index >= 15 is 4.39 Å². The SMILES string of the molecule is C=CCn1c(Cl)nc2[nH]cc(C(=O)c3c(F)ccc(C(=O)NS(=O)(=O)CCC)c3F)c2c1=O. The lowest BCUT2D eigenvalue weighted by atomic mass is 10.00. The summed E-state index contributed by atoms with van der Waals surface area (Å²) in [5, 5.41) is -0.469. The van der Waals surface area contributed by atoms with E-state index in [1.165, 1.54) is 6.08 Å². The number of carbonyl (C=O) groups excluding carboxylic acids is 2. The molecule has 2 aromatic heterocycles. The molecule has 0 atom stereocenters. The number of benzene rings is 1. The van der Waals surface area contributed by atoms with Crippen molar-refractivity contribution in [1.82, 2.24) is 19.3 Å². The molecule has 0 aliphatic carbocycles. The Labute approximate surface area is 191 Å². The number of nitrogens with one attached hydrogen (secondary N) is 2. The van der Waals surface area contributed by atoms with Gasteiger partial charge in [-0.15, -0.1) is 6.58 Å². The van der Waals surface area contributed by atoms with Crippen LogP contribution in [0.25, 0.3) is 11.0 Å². The van der Waals surface area contributed by atoms with Crippen molar-refractivity contribution in [3.05, 3.63) is 74.9 Å². The number of hydrogen-bond acceptors (Lipinski definition) is 6. The lowest BCUT2D eigenvalue weighted by Crippen LogP contribution is -2.33. The first-order valence-corrected chi connectivity index (χ1v) is 11.5. The standard InChI is InChI=1S/C20H17ClF2N4O5S/c1-3-7-27-19(30)13-11(9-24-17(13)25-20(27)21)16(28)14-12(22)6-5-10(15(14)23)18(29)26-33(31,32)8-4-2/h3,5-6,9,24H,1,4,7-8H2,2H3,(H,26,29). The van der Waals surface area contributed by atoms with Crippen LogP contribution in [0.15, 0.2) is 35.8 Å². The molecular weight excluding hydrogens is 482 g/mol. The molecule has 13 heteroatoms. The van der Waals surface area contributed by atoms with Gasteiger partial charge in [-0.2, -0.15) is 0 Å². The smallest absolute Gasteiger partial charge is 0.267 e. The second kappa shape index (κ2) is 9.24. The molecule has 9 nitrogen and oxygen atoms in total. The summed E-state index contributed by atoms with van der Waals surface area (Å²) in [4.78, 5) is 44.7. The minimum Gasteiger partial charge on any atom is -0.345 e. The highest BCUT2D eigenvalue weighted by molar-refractivity contribution is 7.90. The number of amides is 1. The van der Waals surface area contributed by atoms with Crippen molar-refractivity contribution in [2.24, 2.45) is 0 Å². The summed E-state index contributed by atoms with van der Waals surface area (Å²) in [5.41, 5.74) is -3.25. The molecule has 174 valence electrons. The second-order valence-corrected chi connectivity index (χ2v) is 9.05. The number of rotatable bonds is 8. The van der Waals surface area contributed by atoms with Crippen LogP contribution in [0, 0.1) is 11.6 Å². The normalized spacial score (nSPS) is 11.5. The highest BCUT2D eigenvalue weighted by Gasteiger charge is 2.29. The zero-order valence-corrected chi connectivity index (χ0v) is 18.7. The van der Waals surface area contributed by atoms with Gasteiger partial charge in [0.2, 0.25) is 21.1 Å². The summed E-state index contributed by atoms with van der Waals surface area (Å²) in [6.45, 7) is 5.02. The number of allylic oxidation sites excluding steroid dienone is 1. The lowest BCUT2D eigenvalue weighted by Gasteiger charge is -2.10. The Morgan fingerprint density at radius 1 is 1.30 bits per heavy atom. The van der Waals surface area contributed by atoms with Gasteiger partial charge in [-0.25, -0.2) is 26.9 Å². The van der Waals surface area contributed by atoms with Crippen LogP contribution < -0.4 is 10.3 Å². The molecule has 0 aliphatic rings. The monoisotopic (exact) mass is 498 g/mol. The molecule has 3 rings (SSSR count). The fourth-order valence-corrected chi connectivity index (χ4v) is 4.40. The van der Waals surface area contributed by atoms with Gasteiger partial charge in [-0.3, -0.25) is 19.0 Å². The second-order valence-electron chi connectivity index (χ2n) is 6.87. The van der Waals surface area contributed by atoms with Gasteiger partial charge in [-0.05, 0) is 30.2 Å². The Morgan fingerprint density at radius 3 is 2.64 bits per heavy atom. The van der Waals surface area contributed by atoms with Crippen LogP contribution >= 0.6 is 11.6 Å². The molecule has 0 radical (unpaired) electrons. The van der Waals surface area contributed by atoms with Crippen LogP contribution in [0.3, 0.4) is 0 Å². The third-order valence-electron chi connectivity index (χ3n) is 4.59. The van der Waals surface area contributed by atoms with E-state index < -0.39 is 61.4 Å². The molecule has 0 aliphatic heterocycles. The molecule has 33 heavy (non-hydrogen) atoms. The molecule has 0 fully saturated rings. The topological polar surface area (TPSA) is 131 Å². The Kier molecular flexibility index (Phi) is 6.79. The van der Waals surface area contributed by atoms with Gasteiger partial charge in [0.25, 0.3) is 11.5 Å². The molecule has 2 N–H and O–H groups in total. The van der Waals surface area contributed by atoms with Crippen LogP contribution in [0.5, 0.6) is 0 Å². The van der Waals surface area contributed by atoms with E-state index in [1.54, 1.807) is 11.6 Å². The average Bonchev–Trinajstić information content (AvgIpc) is 3.14. The highest BCUT2D eigenvalue weighted by Crippen LogP contribution is 2.24. The maximum atomic E-state index is 15.1. The highest BCUT2D eigenvalue weighted by atomic mass is 35.5. The summed E-state index contributed by atoms with van der Waals surface area (Å²) in [6, 6.07) is 1.36. The van der Waals surface area contributed by atoms with E-state index in [2.05, 4.69) is 16.5 Å². The van der Waals surface area contributed by atoms with Crippen molar-refractivity contribution in [3.63, 3.8) is 0 Å². The minimum atomic E-state index is -4.05. The zero-order valence-electron chi connectivity index (χ0n) is 17.1. The van der Waals surface area contributed by atoms with E-state index in [9.17, 15) is 27.2 Å². The molecule has 0 saturated heterocycles. The van der Waals surface area contributed by atoms with Crippen molar-refractivity contribution >= 4 is 44.3 Å². The number of fused-ring (bicyclic) bond motifs is 1. The Bertz CT molecular complexity index is 1460. The lowest BCUT2D eigenvalue weighted by molar-refractivity contribution is 0.0977. The van der Waals surface area contributed by atoms with E-state index in [-0.39, 0.29) is 29.3 Å². The van der Waals surface area contributed by atoms with Gasteiger partial charge in [0.15, 0.2) is 0 Å². The largest absolute Gasteiger partial charge is 0.345 e. The third kappa shape index (κ3) is 4.57. The van der Waals surface area contributed by atoms with Crippen LogP contribution in [0.2, 0.25) is 5.28 Å². The first kappa shape index (κ1) is 24.3. The predicted molar refractivity (Wildman–Crippen MR) is 117 cm³/mol. The van der Waals surface area contributed by atoms with Gasteiger partial charge in [0, 0.05) is 12.7 Å².